The van der Waals surface area contributed by atoms with E-state index in [1.54, 1.807) is 0 Å². The fourth-order valence-corrected chi connectivity index (χ4v) is 3.26. The van der Waals surface area contributed by atoms with Gasteiger partial charge < -0.3 is 10.1 Å². The molecule has 2 heterocycles. The second-order valence-electron chi connectivity index (χ2n) is 5.04. The van der Waals surface area contributed by atoms with Crippen LogP contribution >= 0.6 is 11.3 Å². The largest absolute Gasteiger partial charge is 0.379 e. The molecule has 1 aliphatic rings. The van der Waals surface area contributed by atoms with E-state index < -0.39 is 0 Å². The molecule has 0 radical (unpaired) electrons. The fraction of sp³-hybridized carbons (Fsp3) is 0.786. The van der Waals surface area contributed by atoms with Gasteiger partial charge in [-0.2, -0.15) is 0 Å². The van der Waals surface area contributed by atoms with Gasteiger partial charge in [-0.15, -0.1) is 11.3 Å². The van der Waals surface area contributed by atoms with Crippen LogP contribution in [0.15, 0.2) is 0 Å². The summed E-state index contributed by atoms with van der Waals surface area (Å²) in [5.41, 5.74) is 1.19. The molecule has 4 nitrogen and oxygen atoms in total. The van der Waals surface area contributed by atoms with E-state index in [9.17, 15) is 0 Å². The molecular weight excluding hydrogens is 258 g/mol. The van der Waals surface area contributed by atoms with E-state index in [4.69, 9.17) is 9.72 Å². The van der Waals surface area contributed by atoms with Crippen LogP contribution in [0.1, 0.15) is 35.3 Å². The maximum atomic E-state index is 5.37. The maximum Gasteiger partial charge on any atom is 0.107 e. The Morgan fingerprint density at radius 3 is 2.89 bits per heavy atom. The third-order valence-electron chi connectivity index (χ3n) is 3.39. The summed E-state index contributed by atoms with van der Waals surface area (Å²) in [7, 11) is 0. The first-order valence-electron chi connectivity index (χ1n) is 7.25. The smallest absolute Gasteiger partial charge is 0.107 e. The van der Waals surface area contributed by atoms with Crippen LogP contribution in [0.2, 0.25) is 0 Å². The lowest BCUT2D eigenvalue weighted by atomic mass is 10.3. The van der Waals surface area contributed by atoms with Crippen molar-refractivity contribution in [1.29, 1.82) is 0 Å². The first-order chi connectivity index (χ1) is 9.29. The Hall–Kier alpha value is -0.490. The topological polar surface area (TPSA) is 37.4 Å². The Balaban J connectivity index is 1.81. The molecule has 0 spiro atoms. The van der Waals surface area contributed by atoms with E-state index in [0.29, 0.717) is 0 Å². The SMILES string of the molecule is CCCCNCc1sc(CN2CCOCC2)nc1C. The minimum atomic E-state index is 0.857. The summed E-state index contributed by atoms with van der Waals surface area (Å²) >= 11 is 1.86. The number of rotatable bonds is 7. The van der Waals surface area contributed by atoms with Crippen LogP contribution in [-0.4, -0.2) is 42.7 Å². The van der Waals surface area contributed by atoms with Crippen LogP contribution in [0.25, 0.3) is 0 Å². The van der Waals surface area contributed by atoms with Crippen molar-refractivity contribution in [2.45, 2.75) is 39.8 Å². The normalized spacial score (nSPS) is 16.9. The van der Waals surface area contributed by atoms with E-state index in [0.717, 1.165) is 45.9 Å². The number of aromatic nitrogens is 1. The molecule has 19 heavy (non-hydrogen) atoms. The minimum absolute atomic E-state index is 0.857. The number of thiazole rings is 1. The molecule has 0 unspecified atom stereocenters. The third kappa shape index (κ3) is 4.84. The van der Waals surface area contributed by atoms with E-state index in [-0.39, 0.29) is 0 Å². The molecular formula is C14H25N3OS. The Labute approximate surface area is 120 Å². The number of morpholine rings is 1. The number of hydrogen-bond donors (Lipinski definition) is 1. The summed E-state index contributed by atoms with van der Waals surface area (Å²) in [6.45, 7) is 11.2. The van der Waals surface area contributed by atoms with Gasteiger partial charge in [0.2, 0.25) is 0 Å². The Morgan fingerprint density at radius 1 is 1.37 bits per heavy atom. The van der Waals surface area contributed by atoms with Crippen molar-refractivity contribution in [2.24, 2.45) is 0 Å². The van der Waals surface area contributed by atoms with Gasteiger partial charge in [-0.1, -0.05) is 13.3 Å². The quantitative estimate of drug-likeness (QED) is 0.778. The van der Waals surface area contributed by atoms with Gasteiger partial charge in [-0.05, 0) is 19.9 Å². The summed E-state index contributed by atoms with van der Waals surface area (Å²) in [6, 6.07) is 0. The molecule has 1 saturated heterocycles. The highest BCUT2D eigenvalue weighted by Crippen LogP contribution is 2.19. The minimum Gasteiger partial charge on any atom is -0.379 e. The Kier molecular flexibility index (Phi) is 6.23. The molecule has 0 aliphatic carbocycles. The number of ether oxygens (including phenoxy) is 1. The first kappa shape index (κ1) is 14.9. The van der Waals surface area contributed by atoms with Gasteiger partial charge in [0.25, 0.3) is 0 Å². The molecule has 1 aliphatic heterocycles. The van der Waals surface area contributed by atoms with Crippen molar-refractivity contribution in [3.05, 3.63) is 15.6 Å². The number of nitrogens with zero attached hydrogens (tertiary/aromatic N) is 2. The van der Waals surface area contributed by atoms with Gasteiger partial charge in [-0.25, -0.2) is 4.98 Å². The summed E-state index contributed by atoms with van der Waals surface area (Å²) in [5, 5.41) is 4.74. The lowest BCUT2D eigenvalue weighted by Crippen LogP contribution is -2.35. The maximum absolute atomic E-state index is 5.37. The molecule has 0 bridgehead atoms. The predicted molar refractivity (Wildman–Crippen MR) is 79.6 cm³/mol. The standard InChI is InChI=1S/C14H25N3OS/c1-3-4-5-15-10-13-12(2)16-14(19-13)11-17-6-8-18-9-7-17/h15H,3-11H2,1-2H3. The highest BCUT2D eigenvalue weighted by Gasteiger charge is 2.14. The van der Waals surface area contributed by atoms with E-state index in [2.05, 4.69) is 24.1 Å². The van der Waals surface area contributed by atoms with Crippen LogP contribution in [0.5, 0.6) is 0 Å². The van der Waals surface area contributed by atoms with Gasteiger partial charge in [0.1, 0.15) is 5.01 Å². The van der Waals surface area contributed by atoms with E-state index >= 15 is 0 Å². The number of aryl methyl sites for hydroxylation is 1. The predicted octanol–water partition coefficient (Wildman–Crippen LogP) is 2.17. The van der Waals surface area contributed by atoms with E-state index in [1.807, 2.05) is 11.3 Å². The number of unbranched alkanes of at least 4 members (excludes halogenated alkanes) is 1. The Bertz CT molecular complexity index is 375. The zero-order chi connectivity index (χ0) is 13.5. The molecule has 2 rings (SSSR count). The highest BCUT2D eigenvalue weighted by molar-refractivity contribution is 7.11. The molecule has 1 aromatic rings. The van der Waals surface area contributed by atoms with Crippen molar-refractivity contribution in [1.82, 2.24) is 15.2 Å². The van der Waals surface area contributed by atoms with E-state index in [1.165, 1.54) is 28.4 Å². The van der Waals surface area contributed by atoms with Gasteiger partial charge in [0.15, 0.2) is 0 Å². The average Bonchev–Trinajstić information content (AvgIpc) is 2.76. The van der Waals surface area contributed by atoms with Crippen molar-refractivity contribution in [2.75, 3.05) is 32.8 Å². The molecule has 5 heteroatoms. The molecule has 0 saturated carbocycles. The number of hydrogen-bond acceptors (Lipinski definition) is 5. The first-order valence-corrected chi connectivity index (χ1v) is 8.07. The van der Waals surface area contributed by atoms with Gasteiger partial charge in [-0.3, -0.25) is 4.90 Å². The molecule has 1 N–H and O–H groups in total. The molecule has 0 aromatic carbocycles. The summed E-state index contributed by atoms with van der Waals surface area (Å²) in [6.07, 6.45) is 2.50. The molecule has 1 fully saturated rings. The van der Waals surface area contributed by atoms with Crippen LogP contribution in [-0.2, 0) is 17.8 Å². The van der Waals surface area contributed by atoms with Gasteiger partial charge >= 0.3 is 0 Å². The molecule has 0 amide bonds. The lowest BCUT2D eigenvalue weighted by molar-refractivity contribution is 0.0341. The van der Waals surface area contributed by atoms with Crippen LogP contribution < -0.4 is 5.32 Å². The van der Waals surface area contributed by atoms with Crippen molar-refractivity contribution in [3.8, 4) is 0 Å². The second kappa shape index (κ2) is 7.94. The van der Waals surface area contributed by atoms with Crippen LogP contribution in [0.3, 0.4) is 0 Å². The van der Waals surface area contributed by atoms with Gasteiger partial charge in [0.05, 0.1) is 25.5 Å². The zero-order valence-corrected chi connectivity index (χ0v) is 12.9. The monoisotopic (exact) mass is 283 g/mol. The summed E-state index contributed by atoms with van der Waals surface area (Å²) in [4.78, 5) is 8.51. The zero-order valence-electron chi connectivity index (χ0n) is 12.1. The summed E-state index contributed by atoms with van der Waals surface area (Å²) in [5.74, 6) is 0. The van der Waals surface area contributed by atoms with Crippen LogP contribution in [0.4, 0.5) is 0 Å². The third-order valence-corrected chi connectivity index (χ3v) is 4.53. The van der Waals surface area contributed by atoms with Crippen molar-refractivity contribution >= 4 is 11.3 Å². The van der Waals surface area contributed by atoms with Crippen molar-refractivity contribution < 1.29 is 4.74 Å². The Morgan fingerprint density at radius 2 is 2.16 bits per heavy atom. The average molecular weight is 283 g/mol. The number of nitrogens with one attached hydrogen (secondary N) is 1. The summed E-state index contributed by atoms with van der Waals surface area (Å²) < 4.78 is 5.37. The molecule has 108 valence electrons. The fourth-order valence-electron chi connectivity index (χ4n) is 2.17. The second-order valence-corrected chi connectivity index (χ2v) is 6.20. The van der Waals surface area contributed by atoms with Crippen LogP contribution in [0, 0.1) is 6.92 Å². The molecule has 0 atom stereocenters. The lowest BCUT2D eigenvalue weighted by Gasteiger charge is -2.25. The van der Waals surface area contributed by atoms with Gasteiger partial charge in [0, 0.05) is 24.5 Å². The molecule has 1 aromatic heterocycles. The van der Waals surface area contributed by atoms with Crippen molar-refractivity contribution in [3.63, 3.8) is 0 Å². The highest BCUT2D eigenvalue weighted by atomic mass is 32.1.